The van der Waals surface area contributed by atoms with Crippen LogP contribution in [-0.2, 0) is 20.7 Å². The quantitative estimate of drug-likeness (QED) is 0.315. The average Bonchev–Trinajstić information content (AvgIpc) is 3.15. The molecule has 0 spiro atoms. The fourth-order valence-corrected chi connectivity index (χ4v) is 3.07. The van der Waals surface area contributed by atoms with Crippen LogP contribution in [0.5, 0.6) is 5.75 Å². The highest BCUT2D eigenvalue weighted by molar-refractivity contribution is 5.94. The van der Waals surface area contributed by atoms with E-state index >= 15 is 0 Å². The minimum atomic E-state index is -0.612. The minimum Gasteiger partial charge on any atom is -0.495 e. The Bertz CT molecular complexity index is 1080. The number of aromatic amines is 1. The van der Waals surface area contributed by atoms with Crippen LogP contribution in [-0.4, -0.2) is 35.5 Å². The first-order valence-electron chi connectivity index (χ1n) is 9.31. The monoisotopic (exact) mass is 411 g/mol. The van der Waals surface area contributed by atoms with Gasteiger partial charge < -0.3 is 19.8 Å². The van der Waals surface area contributed by atoms with Gasteiger partial charge in [-0.15, -0.1) is 0 Å². The van der Waals surface area contributed by atoms with Crippen LogP contribution in [0.2, 0.25) is 0 Å². The number of nitro benzene ring substituents is 1. The van der Waals surface area contributed by atoms with E-state index in [1.807, 2.05) is 30.5 Å². The molecule has 1 aromatic heterocycles. The number of hydrogen-bond acceptors (Lipinski definition) is 6. The number of nitro groups is 1. The number of H-pyrrole nitrogens is 1. The number of amides is 1. The molecular weight excluding hydrogens is 390 g/mol. The van der Waals surface area contributed by atoms with Crippen molar-refractivity contribution in [1.82, 2.24) is 4.98 Å². The van der Waals surface area contributed by atoms with Crippen LogP contribution in [0.1, 0.15) is 18.4 Å². The zero-order valence-corrected chi connectivity index (χ0v) is 16.3. The van der Waals surface area contributed by atoms with Crippen molar-refractivity contribution in [1.29, 1.82) is 0 Å². The number of carbonyl (C=O) groups is 2. The van der Waals surface area contributed by atoms with Crippen molar-refractivity contribution in [3.8, 4) is 5.75 Å². The first-order valence-corrected chi connectivity index (χ1v) is 9.31. The van der Waals surface area contributed by atoms with Gasteiger partial charge in [-0.25, -0.2) is 0 Å². The molecule has 0 atom stereocenters. The van der Waals surface area contributed by atoms with Crippen LogP contribution in [0.25, 0.3) is 10.9 Å². The maximum absolute atomic E-state index is 12.1. The van der Waals surface area contributed by atoms with Crippen molar-refractivity contribution in [3.63, 3.8) is 0 Å². The molecule has 0 aliphatic carbocycles. The molecule has 0 fully saturated rings. The maximum Gasteiger partial charge on any atom is 0.306 e. The van der Waals surface area contributed by atoms with Gasteiger partial charge in [0.25, 0.3) is 11.6 Å². The predicted octanol–water partition coefficient (Wildman–Crippen LogP) is 3.59. The molecular formula is C21H21N3O6. The molecule has 3 rings (SSSR count). The van der Waals surface area contributed by atoms with E-state index in [2.05, 4.69) is 10.3 Å². The number of esters is 1. The lowest BCUT2D eigenvalue weighted by molar-refractivity contribution is -0.384. The van der Waals surface area contributed by atoms with Gasteiger partial charge in [-0.2, -0.15) is 0 Å². The van der Waals surface area contributed by atoms with E-state index in [9.17, 15) is 19.7 Å². The Balaban J connectivity index is 1.46. The number of aryl methyl sites for hydroxylation is 1. The highest BCUT2D eigenvalue weighted by Crippen LogP contribution is 2.28. The Morgan fingerprint density at radius 3 is 2.77 bits per heavy atom. The number of non-ortho nitro benzene ring substituents is 1. The molecule has 0 aliphatic heterocycles. The molecule has 156 valence electrons. The number of nitrogens with one attached hydrogen (secondary N) is 2. The van der Waals surface area contributed by atoms with Crippen molar-refractivity contribution in [2.24, 2.45) is 0 Å². The molecule has 1 heterocycles. The Morgan fingerprint density at radius 1 is 1.20 bits per heavy atom. The molecule has 3 aromatic rings. The summed E-state index contributed by atoms with van der Waals surface area (Å²) < 4.78 is 10.1. The molecule has 0 radical (unpaired) electrons. The van der Waals surface area contributed by atoms with E-state index in [0.29, 0.717) is 12.8 Å². The van der Waals surface area contributed by atoms with E-state index in [4.69, 9.17) is 9.47 Å². The van der Waals surface area contributed by atoms with Gasteiger partial charge in [-0.1, -0.05) is 18.2 Å². The zero-order valence-electron chi connectivity index (χ0n) is 16.3. The molecule has 9 heteroatoms. The number of benzene rings is 2. The summed E-state index contributed by atoms with van der Waals surface area (Å²) >= 11 is 0. The highest BCUT2D eigenvalue weighted by atomic mass is 16.6. The largest absolute Gasteiger partial charge is 0.495 e. The molecule has 0 aliphatic rings. The average molecular weight is 411 g/mol. The second-order valence-electron chi connectivity index (χ2n) is 6.56. The van der Waals surface area contributed by atoms with Crippen LogP contribution in [0.3, 0.4) is 0 Å². The van der Waals surface area contributed by atoms with Crippen LogP contribution in [0.4, 0.5) is 11.4 Å². The second kappa shape index (κ2) is 9.55. The van der Waals surface area contributed by atoms with Gasteiger partial charge in [0.2, 0.25) is 0 Å². The third-order valence-corrected chi connectivity index (χ3v) is 4.53. The normalized spacial score (nSPS) is 10.6. The number of nitrogens with zero attached hydrogens (tertiary/aromatic N) is 1. The summed E-state index contributed by atoms with van der Waals surface area (Å²) in [5.74, 6) is -0.839. The molecule has 0 bridgehead atoms. The molecule has 30 heavy (non-hydrogen) atoms. The third-order valence-electron chi connectivity index (χ3n) is 4.53. The SMILES string of the molecule is COc1ccc([N+](=O)[O-])cc1NC(=O)COC(=O)CCCc1c[nH]c2ccccc12. The fourth-order valence-electron chi connectivity index (χ4n) is 3.07. The van der Waals surface area contributed by atoms with E-state index in [0.717, 1.165) is 16.5 Å². The summed E-state index contributed by atoms with van der Waals surface area (Å²) in [4.78, 5) is 37.5. The standard InChI is InChI=1S/C21H21N3O6/c1-29-19-10-9-15(24(27)28)11-18(19)23-20(25)13-30-21(26)8-4-5-14-12-22-17-7-3-2-6-16(14)17/h2-3,6-7,9-12,22H,4-5,8,13H2,1H3,(H,23,25). The molecule has 0 unspecified atom stereocenters. The predicted molar refractivity (Wildman–Crippen MR) is 110 cm³/mol. The number of ether oxygens (including phenoxy) is 2. The van der Waals surface area contributed by atoms with E-state index in [1.165, 1.54) is 25.3 Å². The van der Waals surface area contributed by atoms with Crippen LogP contribution >= 0.6 is 0 Å². The third kappa shape index (κ3) is 5.13. The molecule has 2 aromatic carbocycles. The molecule has 0 saturated carbocycles. The van der Waals surface area contributed by atoms with E-state index < -0.39 is 23.4 Å². The number of rotatable bonds is 9. The van der Waals surface area contributed by atoms with Crippen molar-refractivity contribution in [2.75, 3.05) is 19.0 Å². The first kappa shape index (κ1) is 20.8. The summed E-state index contributed by atoms with van der Waals surface area (Å²) in [6, 6.07) is 11.7. The summed E-state index contributed by atoms with van der Waals surface area (Å²) in [6.45, 7) is -0.488. The molecule has 2 N–H and O–H groups in total. The number of para-hydroxylation sites is 1. The molecule has 1 amide bonds. The maximum atomic E-state index is 12.1. The number of carbonyl (C=O) groups excluding carboxylic acids is 2. The Labute approximate surface area is 172 Å². The van der Waals surface area contributed by atoms with Gasteiger partial charge in [0, 0.05) is 35.7 Å². The number of fused-ring (bicyclic) bond motifs is 1. The van der Waals surface area contributed by atoms with Gasteiger partial charge in [0.15, 0.2) is 6.61 Å². The van der Waals surface area contributed by atoms with Gasteiger partial charge >= 0.3 is 5.97 Å². The second-order valence-corrected chi connectivity index (χ2v) is 6.56. The van der Waals surface area contributed by atoms with E-state index in [-0.39, 0.29) is 23.5 Å². The zero-order chi connectivity index (χ0) is 21.5. The summed E-state index contributed by atoms with van der Waals surface area (Å²) in [6.07, 6.45) is 3.39. The van der Waals surface area contributed by atoms with Gasteiger partial charge in [-0.3, -0.25) is 19.7 Å². The molecule has 0 saturated heterocycles. The minimum absolute atomic E-state index is 0.132. The van der Waals surface area contributed by atoms with Gasteiger partial charge in [0.05, 0.1) is 17.7 Å². The van der Waals surface area contributed by atoms with E-state index in [1.54, 1.807) is 0 Å². The van der Waals surface area contributed by atoms with Crippen LogP contribution < -0.4 is 10.1 Å². The fraction of sp³-hybridized carbons (Fsp3) is 0.238. The lowest BCUT2D eigenvalue weighted by atomic mass is 10.1. The number of hydrogen-bond donors (Lipinski definition) is 2. The Kier molecular flexibility index (Phi) is 6.63. The summed E-state index contributed by atoms with van der Waals surface area (Å²) in [5, 5.41) is 14.5. The lowest BCUT2D eigenvalue weighted by Crippen LogP contribution is -2.21. The summed E-state index contributed by atoms with van der Waals surface area (Å²) in [7, 11) is 1.38. The molecule has 9 nitrogen and oxygen atoms in total. The summed E-state index contributed by atoms with van der Waals surface area (Å²) in [5.41, 5.74) is 2.10. The van der Waals surface area contributed by atoms with Crippen molar-refractivity contribution in [2.45, 2.75) is 19.3 Å². The topological polar surface area (TPSA) is 124 Å². The number of methoxy groups -OCH3 is 1. The van der Waals surface area contributed by atoms with Crippen molar-refractivity contribution in [3.05, 3.63) is 64.3 Å². The number of aromatic nitrogens is 1. The smallest absolute Gasteiger partial charge is 0.306 e. The Hall–Kier alpha value is -3.88. The van der Waals surface area contributed by atoms with Crippen molar-refractivity contribution < 1.29 is 24.0 Å². The van der Waals surface area contributed by atoms with Crippen LogP contribution in [0, 0.1) is 10.1 Å². The van der Waals surface area contributed by atoms with Crippen LogP contribution in [0.15, 0.2) is 48.7 Å². The van der Waals surface area contributed by atoms with Crippen molar-refractivity contribution >= 4 is 34.2 Å². The highest BCUT2D eigenvalue weighted by Gasteiger charge is 2.15. The van der Waals surface area contributed by atoms with Gasteiger partial charge in [0.1, 0.15) is 5.75 Å². The first-order chi connectivity index (χ1) is 14.5. The lowest BCUT2D eigenvalue weighted by Gasteiger charge is -2.10. The van der Waals surface area contributed by atoms with Gasteiger partial charge in [-0.05, 0) is 30.5 Å². The Morgan fingerprint density at radius 2 is 2.00 bits per heavy atom. The number of anilines is 1.